The van der Waals surface area contributed by atoms with Crippen LogP contribution in [-0.4, -0.2) is 63.1 Å². The second-order valence-corrected chi connectivity index (χ2v) is 13.3. The molecule has 0 spiro atoms. The van der Waals surface area contributed by atoms with Gasteiger partial charge in [0.15, 0.2) is 0 Å². The molecule has 4 aromatic carbocycles. The quantitative estimate of drug-likeness (QED) is 0.162. The van der Waals surface area contributed by atoms with Gasteiger partial charge in [0, 0.05) is 77.1 Å². The lowest BCUT2D eigenvalue weighted by Crippen LogP contribution is -2.45. The zero-order valence-electron chi connectivity index (χ0n) is 28.8. The zero-order chi connectivity index (χ0) is 33.9. The largest absolute Gasteiger partial charge is 0.378 e. The third kappa shape index (κ3) is 9.77. The van der Waals surface area contributed by atoms with Gasteiger partial charge in [-0.1, -0.05) is 73.5 Å². The standard InChI is InChI=1S/C40H50N6O2/c1-43(2)37-23-19-35(20-24-37)41-39(47)45(27-31-13-7-5-8-14-31)29-33-17-11-12-18-34(33)30-46(28-32-15-9-6-10-16-32)40(48)42-36-21-25-38(26-22-36)44(3)4/h5-10,13-16,19-26,33-34H,11-12,17-18,27-30H2,1-4H3,(H,41,47)(H,42,48)/t33-,34-/m0/s1. The topological polar surface area (TPSA) is 71.2 Å². The van der Waals surface area contributed by atoms with Gasteiger partial charge in [-0.15, -0.1) is 0 Å². The van der Waals surface area contributed by atoms with Crippen molar-refractivity contribution in [2.75, 3.05) is 61.7 Å². The Morgan fingerprint density at radius 1 is 0.542 bits per heavy atom. The highest BCUT2D eigenvalue weighted by Crippen LogP contribution is 2.33. The molecular formula is C40H50N6O2. The summed E-state index contributed by atoms with van der Waals surface area (Å²) in [5.74, 6) is 0.518. The Balaban J connectivity index is 1.34. The molecule has 1 aliphatic rings. The second-order valence-electron chi connectivity index (χ2n) is 13.3. The molecule has 0 radical (unpaired) electrons. The zero-order valence-corrected chi connectivity index (χ0v) is 28.8. The molecule has 2 N–H and O–H groups in total. The van der Waals surface area contributed by atoms with Gasteiger partial charge in [0.05, 0.1) is 0 Å². The van der Waals surface area contributed by atoms with Crippen LogP contribution in [0, 0.1) is 11.8 Å². The highest BCUT2D eigenvalue weighted by atomic mass is 16.2. The van der Waals surface area contributed by atoms with E-state index in [0.29, 0.717) is 26.2 Å². The maximum Gasteiger partial charge on any atom is 0.322 e. The summed E-state index contributed by atoms with van der Waals surface area (Å²) in [6, 6.07) is 36.0. The van der Waals surface area contributed by atoms with E-state index >= 15 is 0 Å². The van der Waals surface area contributed by atoms with Gasteiger partial charge in [0.1, 0.15) is 0 Å². The Labute approximate surface area is 286 Å². The van der Waals surface area contributed by atoms with Crippen LogP contribution in [0.3, 0.4) is 0 Å². The molecule has 48 heavy (non-hydrogen) atoms. The van der Waals surface area contributed by atoms with E-state index in [1.807, 2.05) is 133 Å². The fourth-order valence-corrected chi connectivity index (χ4v) is 6.47. The van der Waals surface area contributed by atoms with E-state index < -0.39 is 0 Å². The van der Waals surface area contributed by atoms with Crippen LogP contribution in [-0.2, 0) is 13.1 Å². The van der Waals surface area contributed by atoms with Crippen LogP contribution in [0.15, 0.2) is 109 Å². The third-order valence-electron chi connectivity index (χ3n) is 9.25. The van der Waals surface area contributed by atoms with Crippen molar-refractivity contribution in [3.05, 3.63) is 120 Å². The number of carbonyl (C=O) groups excluding carboxylic acids is 2. The van der Waals surface area contributed by atoms with Crippen molar-refractivity contribution in [1.29, 1.82) is 0 Å². The normalized spacial score (nSPS) is 15.7. The Morgan fingerprint density at radius 2 is 0.896 bits per heavy atom. The molecule has 0 aromatic heterocycles. The second kappa shape index (κ2) is 16.7. The van der Waals surface area contributed by atoms with Crippen molar-refractivity contribution in [1.82, 2.24) is 9.80 Å². The minimum atomic E-state index is -0.110. The van der Waals surface area contributed by atoms with Gasteiger partial charge in [-0.05, 0) is 84.3 Å². The number of nitrogens with zero attached hydrogens (tertiary/aromatic N) is 4. The van der Waals surface area contributed by atoms with Crippen molar-refractivity contribution in [2.24, 2.45) is 11.8 Å². The van der Waals surface area contributed by atoms with Crippen LogP contribution in [0.5, 0.6) is 0 Å². The highest BCUT2D eigenvalue weighted by molar-refractivity contribution is 5.90. The number of nitrogens with one attached hydrogen (secondary N) is 2. The molecule has 0 unspecified atom stereocenters. The van der Waals surface area contributed by atoms with Crippen LogP contribution in [0.25, 0.3) is 0 Å². The Morgan fingerprint density at radius 3 is 1.23 bits per heavy atom. The first kappa shape index (κ1) is 34.4. The summed E-state index contributed by atoms with van der Waals surface area (Å²) in [6.07, 6.45) is 4.29. The summed E-state index contributed by atoms with van der Waals surface area (Å²) in [7, 11) is 8.01. The average molecular weight is 647 g/mol. The number of benzene rings is 4. The lowest BCUT2D eigenvalue weighted by atomic mass is 9.78. The number of hydrogen-bond donors (Lipinski definition) is 2. The number of anilines is 4. The molecule has 1 fully saturated rings. The summed E-state index contributed by atoms with van der Waals surface area (Å²) < 4.78 is 0. The summed E-state index contributed by atoms with van der Waals surface area (Å²) in [6.45, 7) is 2.27. The van der Waals surface area contributed by atoms with Gasteiger partial charge in [0.25, 0.3) is 0 Å². The maximum absolute atomic E-state index is 13.9. The van der Waals surface area contributed by atoms with Crippen molar-refractivity contribution < 1.29 is 9.59 Å². The van der Waals surface area contributed by atoms with Crippen LogP contribution in [0.1, 0.15) is 36.8 Å². The molecule has 0 saturated heterocycles. The Kier molecular flexibility index (Phi) is 12.0. The lowest BCUT2D eigenvalue weighted by molar-refractivity contribution is 0.127. The first-order valence-electron chi connectivity index (χ1n) is 17.0. The van der Waals surface area contributed by atoms with E-state index in [2.05, 4.69) is 34.9 Å². The summed E-state index contributed by atoms with van der Waals surface area (Å²) >= 11 is 0. The van der Waals surface area contributed by atoms with Gasteiger partial charge in [-0.25, -0.2) is 9.59 Å². The molecule has 1 saturated carbocycles. The first-order chi connectivity index (χ1) is 23.2. The molecule has 252 valence electrons. The predicted molar refractivity (Wildman–Crippen MR) is 199 cm³/mol. The van der Waals surface area contributed by atoms with E-state index in [-0.39, 0.29) is 23.9 Å². The minimum absolute atomic E-state index is 0.110. The molecule has 8 nitrogen and oxygen atoms in total. The fourth-order valence-electron chi connectivity index (χ4n) is 6.47. The molecule has 0 aliphatic heterocycles. The van der Waals surface area contributed by atoms with Gasteiger partial charge in [-0.3, -0.25) is 0 Å². The Bertz CT molecular complexity index is 1460. The van der Waals surface area contributed by atoms with Gasteiger partial charge >= 0.3 is 12.1 Å². The van der Waals surface area contributed by atoms with E-state index in [1.54, 1.807) is 0 Å². The van der Waals surface area contributed by atoms with Crippen molar-refractivity contribution >= 4 is 34.8 Å². The summed E-state index contributed by atoms with van der Waals surface area (Å²) in [4.78, 5) is 35.7. The van der Waals surface area contributed by atoms with Crippen molar-refractivity contribution in [2.45, 2.75) is 38.8 Å². The number of urea groups is 2. The van der Waals surface area contributed by atoms with Gasteiger partial charge in [-0.2, -0.15) is 0 Å². The molecular weight excluding hydrogens is 596 g/mol. The highest BCUT2D eigenvalue weighted by Gasteiger charge is 2.31. The van der Waals surface area contributed by atoms with E-state index in [4.69, 9.17) is 0 Å². The lowest BCUT2D eigenvalue weighted by Gasteiger charge is -2.38. The number of rotatable bonds is 12. The van der Waals surface area contributed by atoms with Crippen LogP contribution in [0.2, 0.25) is 0 Å². The van der Waals surface area contributed by atoms with Crippen molar-refractivity contribution in [3.8, 4) is 0 Å². The molecule has 4 aromatic rings. The van der Waals surface area contributed by atoms with E-state index in [9.17, 15) is 9.59 Å². The maximum atomic E-state index is 13.9. The smallest absolute Gasteiger partial charge is 0.322 e. The third-order valence-corrected chi connectivity index (χ3v) is 9.25. The SMILES string of the molecule is CN(C)c1ccc(NC(=O)N(Cc2ccccc2)C[C@@H]2CCCC[C@H]2CN(Cc2ccccc2)C(=O)Nc2ccc(N(C)C)cc2)cc1. The summed E-state index contributed by atoms with van der Waals surface area (Å²) in [5, 5.41) is 6.31. The predicted octanol–water partition coefficient (Wildman–Crippen LogP) is 8.39. The number of hydrogen-bond acceptors (Lipinski definition) is 4. The molecule has 4 amide bonds. The number of carbonyl (C=O) groups is 2. The average Bonchev–Trinajstić information content (AvgIpc) is 3.09. The Hall–Kier alpha value is -4.98. The van der Waals surface area contributed by atoms with E-state index in [1.165, 1.54) is 0 Å². The minimum Gasteiger partial charge on any atom is -0.378 e. The van der Waals surface area contributed by atoms with Gasteiger partial charge < -0.3 is 30.2 Å². The molecule has 5 rings (SSSR count). The van der Waals surface area contributed by atoms with Crippen LogP contribution >= 0.6 is 0 Å². The van der Waals surface area contributed by atoms with Crippen LogP contribution in [0.4, 0.5) is 32.3 Å². The fraction of sp³-hybridized carbons (Fsp3) is 0.350. The summed E-state index contributed by atoms with van der Waals surface area (Å²) in [5.41, 5.74) is 5.88. The first-order valence-corrected chi connectivity index (χ1v) is 17.0. The molecule has 8 heteroatoms. The number of amides is 4. The molecule has 0 bridgehead atoms. The molecule has 2 atom stereocenters. The molecule has 1 aliphatic carbocycles. The van der Waals surface area contributed by atoms with Gasteiger partial charge in [0.2, 0.25) is 0 Å². The van der Waals surface area contributed by atoms with Crippen LogP contribution < -0.4 is 20.4 Å². The monoisotopic (exact) mass is 646 g/mol. The van der Waals surface area contributed by atoms with Crippen molar-refractivity contribution in [3.63, 3.8) is 0 Å². The van der Waals surface area contributed by atoms with E-state index in [0.717, 1.165) is 59.6 Å². The molecule has 0 heterocycles.